The molecule has 1 nitrogen and oxygen atoms in total. The summed E-state index contributed by atoms with van der Waals surface area (Å²) in [5, 5.41) is 4.90. The first-order valence-electron chi connectivity index (χ1n) is 5.26. The van der Waals surface area contributed by atoms with E-state index in [1.54, 1.807) is 11.3 Å². The highest BCUT2D eigenvalue weighted by Gasteiger charge is 2.23. The van der Waals surface area contributed by atoms with E-state index in [0.29, 0.717) is 12.5 Å². The Morgan fingerprint density at radius 3 is 3.13 bits per heavy atom. The van der Waals surface area contributed by atoms with Crippen molar-refractivity contribution in [2.24, 2.45) is 0 Å². The summed E-state index contributed by atoms with van der Waals surface area (Å²) in [5.41, 5.74) is 2.64. The monoisotopic (exact) mass is 231 g/mol. The molecule has 1 atom stereocenters. The molecule has 1 aromatic rings. The van der Waals surface area contributed by atoms with Gasteiger partial charge in [0.05, 0.1) is 6.54 Å². The molecule has 4 heteroatoms. The third-order valence-corrected chi connectivity index (χ3v) is 4.01. The maximum absolute atomic E-state index is 12.0. The van der Waals surface area contributed by atoms with E-state index in [-0.39, 0.29) is 6.54 Å². The fourth-order valence-electron chi connectivity index (χ4n) is 2.18. The number of nitrogens with one attached hydrogen (secondary N) is 1. The van der Waals surface area contributed by atoms with Crippen LogP contribution in [0.25, 0.3) is 0 Å². The Hall–Kier alpha value is -0.480. The van der Waals surface area contributed by atoms with E-state index >= 15 is 0 Å². The van der Waals surface area contributed by atoms with Crippen LogP contribution >= 0.6 is 11.3 Å². The summed E-state index contributed by atoms with van der Waals surface area (Å²) in [5.74, 6) is 0.606. The molecular weight excluding hydrogens is 216 g/mol. The van der Waals surface area contributed by atoms with Crippen molar-refractivity contribution in [3.63, 3.8) is 0 Å². The Morgan fingerprint density at radius 1 is 1.60 bits per heavy atom. The van der Waals surface area contributed by atoms with Gasteiger partial charge in [-0.3, -0.25) is 0 Å². The Kier molecular flexibility index (Phi) is 3.36. The standard InChI is InChI=1S/C11H15F2NS/c1-7-2-3-9-11(7)8(6-15-9)4-14-5-10(12)13/h6-7,10,14H,2-5H2,1H3. The molecular formula is C11H15F2NS. The molecule has 1 aromatic heterocycles. The molecule has 0 aliphatic heterocycles. The number of fused-ring (bicyclic) bond motifs is 1. The first-order valence-corrected chi connectivity index (χ1v) is 6.14. The predicted molar refractivity (Wildman–Crippen MR) is 58.8 cm³/mol. The third kappa shape index (κ3) is 2.37. The van der Waals surface area contributed by atoms with Crippen molar-refractivity contribution in [2.75, 3.05) is 6.54 Å². The van der Waals surface area contributed by atoms with Gasteiger partial charge in [-0.2, -0.15) is 0 Å². The molecule has 1 unspecified atom stereocenters. The molecule has 2 rings (SSSR count). The van der Waals surface area contributed by atoms with Crippen molar-refractivity contribution in [3.8, 4) is 0 Å². The van der Waals surface area contributed by atoms with E-state index in [9.17, 15) is 8.78 Å². The molecule has 0 fully saturated rings. The van der Waals surface area contributed by atoms with Crippen LogP contribution in [0.3, 0.4) is 0 Å². The minimum absolute atomic E-state index is 0.209. The van der Waals surface area contributed by atoms with Crippen LogP contribution in [0.15, 0.2) is 5.38 Å². The largest absolute Gasteiger partial charge is 0.307 e. The zero-order valence-corrected chi connectivity index (χ0v) is 9.54. The summed E-state index contributed by atoms with van der Waals surface area (Å²) >= 11 is 1.77. The minimum atomic E-state index is -2.26. The van der Waals surface area contributed by atoms with Gasteiger partial charge < -0.3 is 5.32 Å². The average molecular weight is 231 g/mol. The van der Waals surface area contributed by atoms with Crippen molar-refractivity contribution >= 4 is 11.3 Å². The zero-order valence-electron chi connectivity index (χ0n) is 8.72. The van der Waals surface area contributed by atoms with Crippen molar-refractivity contribution in [2.45, 2.75) is 38.7 Å². The molecule has 1 N–H and O–H groups in total. The molecule has 0 saturated heterocycles. The van der Waals surface area contributed by atoms with Gasteiger partial charge in [0.15, 0.2) is 0 Å². The molecule has 0 saturated carbocycles. The Labute approximate surface area is 92.5 Å². The van der Waals surface area contributed by atoms with Gasteiger partial charge in [-0.1, -0.05) is 6.92 Å². The van der Waals surface area contributed by atoms with Gasteiger partial charge in [0, 0.05) is 11.4 Å². The van der Waals surface area contributed by atoms with E-state index in [1.807, 2.05) is 0 Å². The number of aryl methyl sites for hydroxylation is 1. The smallest absolute Gasteiger partial charge is 0.250 e. The Balaban J connectivity index is 1.98. The molecule has 0 bridgehead atoms. The second kappa shape index (κ2) is 4.58. The lowest BCUT2D eigenvalue weighted by atomic mass is 10.0. The van der Waals surface area contributed by atoms with Crippen LogP contribution in [0.5, 0.6) is 0 Å². The molecule has 1 aliphatic rings. The maximum Gasteiger partial charge on any atom is 0.250 e. The van der Waals surface area contributed by atoms with Gasteiger partial charge in [-0.15, -0.1) is 11.3 Å². The van der Waals surface area contributed by atoms with Crippen molar-refractivity contribution in [3.05, 3.63) is 21.4 Å². The fraction of sp³-hybridized carbons (Fsp3) is 0.636. The quantitative estimate of drug-likeness (QED) is 0.839. The van der Waals surface area contributed by atoms with Gasteiger partial charge in [-0.25, -0.2) is 8.78 Å². The molecule has 1 aliphatic carbocycles. The number of thiophene rings is 1. The zero-order chi connectivity index (χ0) is 10.8. The second-order valence-corrected chi connectivity index (χ2v) is 5.02. The lowest BCUT2D eigenvalue weighted by Gasteiger charge is -2.08. The van der Waals surface area contributed by atoms with E-state index in [2.05, 4.69) is 17.6 Å². The van der Waals surface area contributed by atoms with Gasteiger partial charge in [0.25, 0.3) is 6.43 Å². The topological polar surface area (TPSA) is 12.0 Å². The summed E-state index contributed by atoms with van der Waals surface area (Å²) in [6, 6.07) is 0. The normalized spacial score (nSPS) is 19.9. The van der Waals surface area contributed by atoms with Crippen molar-refractivity contribution in [1.29, 1.82) is 0 Å². The SMILES string of the molecule is CC1CCc2scc(CNCC(F)F)c21. The van der Waals surface area contributed by atoms with Crippen LogP contribution in [-0.2, 0) is 13.0 Å². The first-order chi connectivity index (χ1) is 7.18. The van der Waals surface area contributed by atoms with Gasteiger partial charge in [-0.05, 0) is 35.3 Å². The molecule has 1 heterocycles. The summed E-state index contributed by atoms with van der Waals surface area (Å²) in [6.45, 7) is 2.59. The van der Waals surface area contributed by atoms with Crippen LogP contribution in [-0.4, -0.2) is 13.0 Å². The molecule has 15 heavy (non-hydrogen) atoms. The minimum Gasteiger partial charge on any atom is -0.307 e. The maximum atomic E-state index is 12.0. The average Bonchev–Trinajstić information content (AvgIpc) is 2.71. The molecule has 0 radical (unpaired) electrons. The lowest BCUT2D eigenvalue weighted by molar-refractivity contribution is 0.145. The highest BCUT2D eigenvalue weighted by Crippen LogP contribution is 2.39. The highest BCUT2D eigenvalue weighted by atomic mass is 32.1. The Morgan fingerprint density at radius 2 is 2.40 bits per heavy atom. The van der Waals surface area contributed by atoms with Gasteiger partial charge in [0.2, 0.25) is 0 Å². The van der Waals surface area contributed by atoms with Crippen LogP contribution in [0.4, 0.5) is 8.78 Å². The lowest BCUT2D eigenvalue weighted by Crippen LogP contribution is -2.20. The summed E-state index contributed by atoms with van der Waals surface area (Å²) < 4.78 is 23.9. The number of alkyl halides is 2. The number of halogens is 2. The summed E-state index contributed by atoms with van der Waals surface area (Å²) in [4.78, 5) is 1.45. The van der Waals surface area contributed by atoms with Crippen molar-refractivity contribution < 1.29 is 8.78 Å². The van der Waals surface area contributed by atoms with Gasteiger partial charge in [0.1, 0.15) is 0 Å². The van der Waals surface area contributed by atoms with Crippen LogP contribution < -0.4 is 5.32 Å². The van der Waals surface area contributed by atoms with E-state index < -0.39 is 6.43 Å². The van der Waals surface area contributed by atoms with Crippen LogP contribution in [0.1, 0.15) is 35.3 Å². The van der Waals surface area contributed by atoms with Crippen molar-refractivity contribution in [1.82, 2.24) is 5.32 Å². The fourth-order valence-corrected chi connectivity index (χ4v) is 3.37. The van der Waals surface area contributed by atoms with Crippen LogP contribution in [0, 0.1) is 0 Å². The first kappa shape index (κ1) is 11.0. The molecule has 0 spiro atoms. The molecule has 0 amide bonds. The number of rotatable bonds is 4. The molecule has 0 aromatic carbocycles. The number of hydrogen-bond acceptors (Lipinski definition) is 2. The Bertz CT molecular complexity index is 335. The van der Waals surface area contributed by atoms with Gasteiger partial charge >= 0.3 is 0 Å². The highest BCUT2D eigenvalue weighted by molar-refractivity contribution is 7.10. The van der Waals surface area contributed by atoms with Crippen LogP contribution in [0.2, 0.25) is 0 Å². The predicted octanol–water partition coefficient (Wildman–Crippen LogP) is 3.15. The third-order valence-electron chi connectivity index (χ3n) is 2.90. The summed E-state index contributed by atoms with van der Waals surface area (Å²) in [7, 11) is 0. The second-order valence-electron chi connectivity index (χ2n) is 4.06. The number of hydrogen-bond donors (Lipinski definition) is 1. The van der Waals surface area contributed by atoms with E-state index in [4.69, 9.17) is 0 Å². The van der Waals surface area contributed by atoms with E-state index in [1.165, 1.54) is 22.4 Å². The van der Waals surface area contributed by atoms with E-state index in [0.717, 1.165) is 6.42 Å². The summed E-state index contributed by atoms with van der Waals surface area (Å²) in [6.07, 6.45) is 0.119. The molecule has 84 valence electrons.